The van der Waals surface area contributed by atoms with Gasteiger partial charge in [-0.3, -0.25) is 9.59 Å². The lowest BCUT2D eigenvalue weighted by Gasteiger charge is -2.35. The molecule has 0 spiro atoms. The number of carbonyl (C=O) groups is 2. The Morgan fingerprint density at radius 2 is 0.736 bits per heavy atom. The molecule has 5 heterocycles. The number of Topliss-reactive ketones (excluding diaryl/α,β-unsaturated/α-hetero) is 2. The van der Waals surface area contributed by atoms with E-state index in [4.69, 9.17) is 0 Å². The Labute approximate surface area is 521 Å². The normalized spacial score (nSPS) is 15.5. The number of allylic oxidation sites excluding steroid dienone is 6. The van der Waals surface area contributed by atoms with E-state index in [1.54, 1.807) is 57.5 Å². The molecule has 5 aromatic heterocycles. The number of nitriles is 4. The van der Waals surface area contributed by atoms with Gasteiger partial charge in [0.15, 0.2) is 11.6 Å². The van der Waals surface area contributed by atoms with Crippen LogP contribution in [0.3, 0.4) is 0 Å². The Morgan fingerprint density at radius 3 is 1.14 bits per heavy atom. The monoisotopic (exact) mass is 1200 g/mol. The van der Waals surface area contributed by atoms with Gasteiger partial charge >= 0.3 is 0 Å². The van der Waals surface area contributed by atoms with Crippen LogP contribution in [0.15, 0.2) is 192 Å². The van der Waals surface area contributed by atoms with Crippen molar-refractivity contribution in [3.8, 4) is 45.2 Å². The summed E-state index contributed by atoms with van der Waals surface area (Å²) in [6.07, 6.45) is 3.76. The number of hydrogen-bond acceptors (Lipinski definition) is 11. The molecule has 11 heteroatoms. The predicted octanol–water partition coefficient (Wildman–Crippen LogP) is 19.6. The average molecular weight is 1200 g/mol. The molecule has 12 aromatic rings. The van der Waals surface area contributed by atoms with E-state index in [2.05, 4.69) is 173 Å². The van der Waals surface area contributed by atoms with E-state index in [-0.39, 0.29) is 22.7 Å². The number of rotatable bonds is 6. The van der Waals surface area contributed by atoms with Crippen molar-refractivity contribution >= 4 is 120 Å². The summed E-state index contributed by atoms with van der Waals surface area (Å²) in [7, 11) is 0. The zero-order valence-corrected chi connectivity index (χ0v) is 51.0. The smallest absolute Gasteiger partial charge is 0.194 e. The second-order valence-corrected chi connectivity index (χ2v) is 28.1. The van der Waals surface area contributed by atoms with Crippen molar-refractivity contribution in [2.24, 2.45) is 0 Å². The Kier molecular flexibility index (Phi) is 11.7. The molecule has 16 rings (SSSR count). The van der Waals surface area contributed by atoms with Crippen LogP contribution in [0, 0.1) is 73.0 Å². The Bertz CT molecular complexity index is 5320. The molecule has 0 N–H and O–H groups in total. The molecule has 0 saturated heterocycles. The third kappa shape index (κ3) is 7.24. The van der Waals surface area contributed by atoms with Crippen LogP contribution < -0.4 is 0 Å². The molecule has 4 aliphatic rings. The minimum atomic E-state index is -0.813. The molecule has 0 unspecified atom stereocenters. The van der Waals surface area contributed by atoms with Gasteiger partial charge in [0, 0.05) is 73.5 Å². The minimum absolute atomic E-state index is 0.0849. The van der Waals surface area contributed by atoms with Crippen molar-refractivity contribution < 1.29 is 9.59 Å². The van der Waals surface area contributed by atoms with Gasteiger partial charge in [-0.05, 0) is 120 Å². The van der Waals surface area contributed by atoms with Crippen LogP contribution in [0.1, 0.15) is 108 Å². The summed E-state index contributed by atoms with van der Waals surface area (Å²) in [6.45, 7) is 8.54. The van der Waals surface area contributed by atoms with Gasteiger partial charge in [-0.15, -0.1) is 56.7 Å². The highest BCUT2D eigenvalue weighted by Crippen LogP contribution is 2.69. The van der Waals surface area contributed by atoms with Crippen LogP contribution in [0.25, 0.3) is 72.4 Å². The summed E-state index contributed by atoms with van der Waals surface area (Å²) in [5.41, 5.74) is 18.3. The SMILES string of the molecule is Cc1ccc(C2(c3ccc(C)cc3)c3cc4c(cc3-c3sc5cc(/C=C6\C(=O)c7ccccc7C6=C(C#N)C#N)sc5c32)C(c2ccc(C)cc2)(c2ccc(C)cc2)c2c-4sc3c2sc2cc(/C=C4\C(=O)c5ccccc5C4=C(C#N)C#N)sc23)cc1. The molecule has 0 atom stereocenters. The summed E-state index contributed by atoms with van der Waals surface area (Å²) >= 11 is 8.69. The first-order valence-corrected chi connectivity index (χ1v) is 32.3. The fourth-order valence-corrected chi connectivity index (χ4v) is 21.2. The van der Waals surface area contributed by atoms with Gasteiger partial charge < -0.3 is 0 Å². The number of benzene rings is 7. The summed E-state index contributed by atoms with van der Waals surface area (Å²) in [5.74, 6) is -0.405. The van der Waals surface area contributed by atoms with E-state index in [1.165, 1.54) is 74.8 Å². The number of nitrogens with zero attached hydrogens (tertiary/aromatic N) is 4. The molecule has 408 valence electrons. The van der Waals surface area contributed by atoms with Crippen LogP contribution in [-0.4, -0.2) is 11.6 Å². The van der Waals surface area contributed by atoms with Gasteiger partial charge in [-0.1, -0.05) is 168 Å². The van der Waals surface area contributed by atoms with Crippen molar-refractivity contribution in [1.82, 2.24) is 0 Å². The number of ketones is 2. The van der Waals surface area contributed by atoms with Crippen molar-refractivity contribution in [2.75, 3.05) is 0 Å². The first-order valence-electron chi connectivity index (χ1n) is 28.2. The Morgan fingerprint density at radius 1 is 0.379 bits per heavy atom. The summed E-state index contributed by atoms with van der Waals surface area (Å²) in [6, 6.07) is 68.4. The quantitative estimate of drug-likeness (QED) is 0.120. The second kappa shape index (κ2) is 19.3. The highest BCUT2D eigenvalue weighted by Gasteiger charge is 2.54. The minimum Gasteiger partial charge on any atom is -0.289 e. The maximum absolute atomic E-state index is 14.4. The highest BCUT2D eigenvalue weighted by molar-refractivity contribution is 7.40. The number of carbonyl (C=O) groups excluding carboxylic acids is 2. The number of fused-ring (bicyclic) bond motifs is 14. The first kappa shape index (κ1) is 52.6. The molecule has 7 aromatic carbocycles. The maximum Gasteiger partial charge on any atom is 0.194 e. The number of aryl methyl sites for hydroxylation is 4. The zero-order chi connectivity index (χ0) is 59.4. The molecule has 87 heavy (non-hydrogen) atoms. The zero-order valence-electron chi connectivity index (χ0n) is 47.0. The van der Waals surface area contributed by atoms with Crippen LogP contribution in [0.4, 0.5) is 0 Å². The molecule has 0 saturated carbocycles. The lowest BCUT2D eigenvalue weighted by atomic mass is 9.65. The van der Waals surface area contributed by atoms with Crippen molar-refractivity contribution in [3.05, 3.63) is 291 Å². The van der Waals surface area contributed by atoms with E-state index < -0.39 is 10.8 Å². The van der Waals surface area contributed by atoms with Crippen molar-refractivity contribution in [2.45, 2.75) is 38.5 Å². The van der Waals surface area contributed by atoms with Gasteiger partial charge in [-0.25, -0.2) is 0 Å². The van der Waals surface area contributed by atoms with E-state index in [0.717, 1.165) is 50.8 Å². The van der Waals surface area contributed by atoms with E-state index in [9.17, 15) is 30.6 Å². The fourth-order valence-electron chi connectivity index (χ4n) is 14.1. The lowest BCUT2D eigenvalue weighted by molar-refractivity contribution is 0.103. The highest BCUT2D eigenvalue weighted by atomic mass is 32.1. The standard InChI is InChI=1S/C76H42N4O2S5/c1-39-13-21-45(22-14-39)75(46-23-15-40(2)16-24-46)59-34-56-60(33-55(59)69-65(75)71-61(85-69)31-49(83-71)29-57-63(43(35-77)36-78)51-9-5-7-11-53(51)67(57)81)76(47-25-17-41(3)18-26-47,48-27-19-42(4)20-28-48)66-70(56)87-74-72-62(86-73(66)74)32-50(84-72)30-58-64(44(37-79)38-80)52-10-6-8-12-54(52)68(58)82/h5-34H,1-4H3/b57-29-,58-30-. The van der Waals surface area contributed by atoms with Gasteiger partial charge in [-0.2, -0.15) is 21.0 Å². The first-order chi connectivity index (χ1) is 42.4. The van der Waals surface area contributed by atoms with Crippen LogP contribution >= 0.6 is 56.7 Å². The molecular formula is C76H42N4O2S5. The van der Waals surface area contributed by atoms with Gasteiger partial charge in [0.2, 0.25) is 0 Å². The lowest BCUT2D eigenvalue weighted by Crippen LogP contribution is -2.30. The summed E-state index contributed by atoms with van der Waals surface area (Å²) in [4.78, 5) is 32.7. The van der Waals surface area contributed by atoms with E-state index >= 15 is 0 Å². The molecule has 0 amide bonds. The molecular weight excluding hydrogens is 1160 g/mol. The van der Waals surface area contributed by atoms with Crippen LogP contribution in [0.2, 0.25) is 0 Å². The molecule has 0 aliphatic heterocycles. The molecule has 0 fully saturated rings. The van der Waals surface area contributed by atoms with Gasteiger partial charge in [0.1, 0.15) is 35.4 Å². The number of hydrogen-bond donors (Lipinski definition) is 0. The molecule has 0 radical (unpaired) electrons. The predicted molar refractivity (Wildman–Crippen MR) is 356 cm³/mol. The third-order valence-corrected chi connectivity index (χ3v) is 24.2. The molecule has 6 nitrogen and oxygen atoms in total. The second-order valence-electron chi connectivity index (χ2n) is 22.8. The topological polar surface area (TPSA) is 129 Å². The van der Waals surface area contributed by atoms with Crippen molar-refractivity contribution in [1.29, 1.82) is 21.0 Å². The maximum atomic E-state index is 14.4. The fraction of sp³-hybridized carbons (Fsp3) is 0.0789. The Hall–Kier alpha value is -9.92. The third-order valence-electron chi connectivity index (χ3n) is 18.0. The largest absolute Gasteiger partial charge is 0.289 e. The van der Waals surface area contributed by atoms with Crippen LogP contribution in [0.5, 0.6) is 0 Å². The van der Waals surface area contributed by atoms with Crippen LogP contribution in [-0.2, 0) is 10.8 Å². The number of thiophene rings is 5. The summed E-state index contributed by atoms with van der Waals surface area (Å²) in [5, 5.41) is 40.8. The molecule has 0 bridgehead atoms. The summed E-state index contributed by atoms with van der Waals surface area (Å²) < 4.78 is 6.83. The van der Waals surface area contributed by atoms with E-state index in [0.29, 0.717) is 44.5 Å². The van der Waals surface area contributed by atoms with Crippen molar-refractivity contribution in [3.63, 3.8) is 0 Å². The molecule has 4 aliphatic carbocycles. The van der Waals surface area contributed by atoms with Gasteiger partial charge in [0.05, 0.1) is 29.6 Å². The van der Waals surface area contributed by atoms with E-state index in [1.807, 2.05) is 59.9 Å². The Balaban J connectivity index is 0.977. The van der Waals surface area contributed by atoms with Gasteiger partial charge in [0.25, 0.3) is 0 Å². The average Bonchev–Trinajstić information content (AvgIpc) is 1.50.